The summed E-state index contributed by atoms with van der Waals surface area (Å²) in [5.74, 6) is -0.201. The molecule has 0 aromatic heterocycles. The van der Waals surface area contributed by atoms with E-state index < -0.39 is 0 Å². The molecule has 1 fully saturated rings. The van der Waals surface area contributed by atoms with Crippen molar-refractivity contribution < 1.29 is 14.4 Å². The van der Waals surface area contributed by atoms with E-state index in [1.807, 2.05) is 0 Å². The molecule has 130 valence electrons. The fraction of sp³-hybridized carbons (Fsp3) is 0.500. The molecule has 2 unspecified atom stereocenters. The number of benzene rings is 1. The second-order valence-electron chi connectivity index (χ2n) is 6.50. The van der Waals surface area contributed by atoms with E-state index in [0.29, 0.717) is 22.9 Å². The number of carbonyl (C=O) groups is 3. The van der Waals surface area contributed by atoms with Gasteiger partial charge in [-0.1, -0.05) is 19.8 Å². The van der Waals surface area contributed by atoms with Crippen molar-refractivity contribution in [3.63, 3.8) is 0 Å². The van der Waals surface area contributed by atoms with Crippen LogP contribution in [0.4, 0.5) is 11.4 Å². The molecule has 0 heterocycles. The standard InChI is InChI=1S/C18H25N3O3/c1-11-6-4-5-7-17(11)21-18(24)14-8-15(19-12(2)22)10-16(9-14)20-13(3)23/h8-11,17H,4-7H2,1-3H3,(H,19,22)(H,20,23)(H,21,24). The molecule has 0 saturated heterocycles. The van der Waals surface area contributed by atoms with Gasteiger partial charge in [0.15, 0.2) is 0 Å². The molecule has 0 bridgehead atoms. The lowest BCUT2D eigenvalue weighted by Gasteiger charge is -2.29. The van der Waals surface area contributed by atoms with Gasteiger partial charge in [-0.3, -0.25) is 14.4 Å². The average molecular weight is 331 g/mol. The van der Waals surface area contributed by atoms with Crippen molar-refractivity contribution in [3.05, 3.63) is 23.8 Å². The smallest absolute Gasteiger partial charge is 0.251 e. The number of anilines is 2. The first kappa shape index (κ1) is 18.0. The van der Waals surface area contributed by atoms with Crippen molar-refractivity contribution in [1.29, 1.82) is 0 Å². The van der Waals surface area contributed by atoms with E-state index in [1.54, 1.807) is 18.2 Å². The number of nitrogens with one attached hydrogen (secondary N) is 3. The Morgan fingerprint density at radius 3 is 1.96 bits per heavy atom. The van der Waals surface area contributed by atoms with Crippen molar-refractivity contribution in [2.24, 2.45) is 5.92 Å². The monoisotopic (exact) mass is 331 g/mol. The van der Waals surface area contributed by atoms with Crippen molar-refractivity contribution in [2.45, 2.75) is 52.5 Å². The number of rotatable bonds is 4. The molecule has 2 atom stereocenters. The Bertz CT molecular complexity index is 608. The molecule has 3 amide bonds. The summed E-state index contributed by atoms with van der Waals surface area (Å²) in [5, 5.41) is 8.39. The predicted molar refractivity (Wildman–Crippen MR) is 93.9 cm³/mol. The van der Waals surface area contributed by atoms with Crippen LogP contribution in [-0.2, 0) is 9.59 Å². The van der Waals surface area contributed by atoms with E-state index in [0.717, 1.165) is 19.3 Å². The van der Waals surface area contributed by atoms with Gasteiger partial charge in [-0.2, -0.15) is 0 Å². The van der Waals surface area contributed by atoms with Crippen LogP contribution in [0.5, 0.6) is 0 Å². The predicted octanol–water partition coefficient (Wildman–Crippen LogP) is 2.91. The van der Waals surface area contributed by atoms with Crippen molar-refractivity contribution >= 4 is 29.1 Å². The maximum atomic E-state index is 12.6. The van der Waals surface area contributed by atoms with Gasteiger partial charge in [0.1, 0.15) is 0 Å². The Hall–Kier alpha value is -2.37. The van der Waals surface area contributed by atoms with Crippen molar-refractivity contribution in [1.82, 2.24) is 5.32 Å². The molecule has 24 heavy (non-hydrogen) atoms. The highest BCUT2D eigenvalue weighted by molar-refractivity contribution is 6.00. The quantitative estimate of drug-likeness (QED) is 0.793. The van der Waals surface area contributed by atoms with E-state index in [-0.39, 0.29) is 23.8 Å². The van der Waals surface area contributed by atoms with Crippen LogP contribution >= 0.6 is 0 Å². The van der Waals surface area contributed by atoms with Crippen LogP contribution in [0.2, 0.25) is 0 Å². The fourth-order valence-corrected chi connectivity index (χ4v) is 3.09. The van der Waals surface area contributed by atoms with Crippen molar-refractivity contribution in [2.75, 3.05) is 10.6 Å². The molecule has 1 aliphatic carbocycles. The van der Waals surface area contributed by atoms with E-state index in [2.05, 4.69) is 22.9 Å². The largest absolute Gasteiger partial charge is 0.349 e. The van der Waals surface area contributed by atoms with Gasteiger partial charge < -0.3 is 16.0 Å². The zero-order chi connectivity index (χ0) is 17.7. The summed E-state index contributed by atoms with van der Waals surface area (Å²) in [5.41, 5.74) is 1.38. The first-order valence-electron chi connectivity index (χ1n) is 8.36. The van der Waals surface area contributed by atoms with Crippen LogP contribution in [0.15, 0.2) is 18.2 Å². The normalized spacial score (nSPS) is 20.1. The minimum atomic E-state index is -0.234. The van der Waals surface area contributed by atoms with E-state index in [4.69, 9.17) is 0 Å². The Balaban J connectivity index is 2.20. The molecule has 1 aliphatic rings. The van der Waals surface area contributed by atoms with Crippen LogP contribution in [0.1, 0.15) is 56.8 Å². The topological polar surface area (TPSA) is 87.3 Å². The van der Waals surface area contributed by atoms with Crippen LogP contribution in [0.25, 0.3) is 0 Å². The first-order valence-corrected chi connectivity index (χ1v) is 8.36. The Morgan fingerprint density at radius 2 is 1.46 bits per heavy atom. The average Bonchev–Trinajstić information content (AvgIpc) is 2.48. The van der Waals surface area contributed by atoms with Gasteiger partial charge in [-0.15, -0.1) is 0 Å². The summed E-state index contributed by atoms with van der Waals surface area (Å²) < 4.78 is 0. The molecule has 1 aromatic carbocycles. The molecule has 1 saturated carbocycles. The third-order valence-electron chi connectivity index (χ3n) is 4.26. The molecule has 3 N–H and O–H groups in total. The zero-order valence-corrected chi connectivity index (χ0v) is 14.4. The summed E-state index contributed by atoms with van der Waals surface area (Å²) >= 11 is 0. The molecule has 0 aliphatic heterocycles. The van der Waals surface area contributed by atoms with Gasteiger partial charge in [0.05, 0.1) is 0 Å². The minimum Gasteiger partial charge on any atom is -0.349 e. The highest BCUT2D eigenvalue weighted by Gasteiger charge is 2.23. The van der Waals surface area contributed by atoms with Crippen LogP contribution in [0.3, 0.4) is 0 Å². The lowest BCUT2D eigenvalue weighted by molar-refractivity contribution is -0.115. The highest BCUT2D eigenvalue weighted by atomic mass is 16.2. The SMILES string of the molecule is CC(=O)Nc1cc(NC(C)=O)cc(C(=O)NC2CCCCC2C)c1. The second-order valence-corrected chi connectivity index (χ2v) is 6.50. The third-order valence-corrected chi connectivity index (χ3v) is 4.26. The highest BCUT2D eigenvalue weighted by Crippen LogP contribution is 2.25. The second kappa shape index (κ2) is 7.95. The number of hydrogen-bond acceptors (Lipinski definition) is 3. The maximum absolute atomic E-state index is 12.6. The molecule has 2 rings (SSSR count). The molecular formula is C18H25N3O3. The Labute approximate surface area is 142 Å². The summed E-state index contributed by atoms with van der Waals surface area (Å²) in [6.45, 7) is 4.95. The van der Waals surface area contributed by atoms with Gasteiger partial charge in [-0.05, 0) is 37.0 Å². The van der Waals surface area contributed by atoms with Gasteiger partial charge >= 0.3 is 0 Å². The van der Waals surface area contributed by atoms with Crippen LogP contribution in [-0.4, -0.2) is 23.8 Å². The number of carbonyl (C=O) groups excluding carboxylic acids is 3. The van der Waals surface area contributed by atoms with E-state index in [9.17, 15) is 14.4 Å². The summed E-state index contributed by atoms with van der Waals surface area (Å²) in [4.78, 5) is 35.2. The summed E-state index contributed by atoms with van der Waals surface area (Å²) in [6, 6.07) is 5.04. The Morgan fingerprint density at radius 1 is 0.917 bits per heavy atom. The maximum Gasteiger partial charge on any atom is 0.251 e. The van der Waals surface area contributed by atoms with Crippen LogP contribution < -0.4 is 16.0 Å². The fourth-order valence-electron chi connectivity index (χ4n) is 3.09. The third kappa shape index (κ3) is 5.08. The number of amides is 3. The van der Waals surface area contributed by atoms with Crippen molar-refractivity contribution in [3.8, 4) is 0 Å². The molecular weight excluding hydrogens is 306 g/mol. The summed E-state index contributed by atoms with van der Waals surface area (Å²) in [7, 11) is 0. The lowest BCUT2D eigenvalue weighted by atomic mass is 9.86. The van der Waals surface area contributed by atoms with Gasteiger partial charge in [-0.25, -0.2) is 0 Å². The van der Waals surface area contributed by atoms with E-state index in [1.165, 1.54) is 20.3 Å². The lowest BCUT2D eigenvalue weighted by Crippen LogP contribution is -2.41. The molecule has 0 spiro atoms. The van der Waals surface area contributed by atoms with E-state index >= 15 is 0 Å². The molecule has 0 radical (unpaired) electrons. The minimum absolute atomic E-state index is 0.167. The molecule has 6 nitrogen and oxygen atoms in total. The zero-order valence-electron chi connectivity index (χ0n) is 14.4. The van der Waals surface area contributed by atoms with Gasteiger partial charge in [0.2, 0.25) is 11.8 Å². The molecule has 1 aromatic rings. The first-order chi connectivity index (χ1) is 11.3. The van der Waals surface area contributed by atoms with Gasteiger partial charge in [0.25, 0.3) is 5.91 Å². The summed E-state index contributed by atoms with van der Waals surface area (Å²) in [6.07, 6.45) is 4.43. The van der Waals surface area contributed by atoms with Gasteiger partial charge in [0, 0.05) is 36.8 Å². The Kier molecular flexibility index (Phi) is 5.95. The number of hydrogen-bond donors (Lipinski definition) is 3. The van der Waals surface area contributed by atoms with Crippen LogP contribution in [0, 0.1) is 5.92 Å². The molecule has 6 heteroatoms.